The van der Waals surface area contributed by atoms with E-state index in [4.69, 9.17) is 5.73 Å². The fourth-order valence-corrected chi connectivity index (χ4v) is 2.47. The fourth-order valence-electron chi connectivity index (χ4n) is 2.47. The number of amides is 2. The second kappa shape index (κ2) is 6.26. The summed E-state index contributed by atoms with van der Waals surface area (Å²) in [5.41, 5.74) is 7.50. The van der Waals surface area contributed by atoms with Gasteiger partial charge in [0.1, 0.15) is 0 Å². The number of nitrogens with zero attached hydrogens (tertiary/aromatic N) is 1. The zero-order valence-electron chi connectivity index (χ0n) is 12.7. The molecule has 0 aromatic heterocycles. The summed E-state index contributed by atoms with van der Waals surface area (Å²) in [7, 11) is 1.75. The molecule has 1 saturated carbocycles. The summed E-state index contributed by atoms with van der Waals surface area (Å²) in [5, 5.41) is 2.89. The highest BCUT2D eigenvalue weighted by molar-refractivity contribution is 5.91. The highest BCUT2D eigenvalue weighted by atomic mass is 16.2. The molecule has 21 heavy (non-hydrogen) atoms. The molecule has 0 radical (unpaired) electrons. The molecule has 1 aromatic carbocycles. The number of rotatable bonds is 5. The minimum atomic E-state index is -0.309. The Balaban J connectivity index is 1.94. The smallest absolute Gasteiger partial charge is 0.226 e. The van der Waals surface area contributed by atoms with E-state index in [9.17, 15) is 9.59 Å². The summed E-state index contributed by atoms with van der Waals surface area (Å²) < 4.78 is 0. The molecule has 5 nitrogen and oxygen atoms in total. The van der Waals surface area contributed by atoms with Gasteiger partial charge in [-0.3, -0.25) is 9.59 Å². The highest BCUT2D eigenvalue weighted by Gasteiger charge is 2.34. The first-order valence-corrected chi connectivity index (χ1v) is 7.27. The van der Waals surface area contributed by atoms with Gasteiger partial charge in [0.2, 0.25) is 11.8 Å². The van der Waals surface area contributed by atoms with Crippen LogP contribution in [0.1, 0.15) is 38.2 Å². The third-order valence-corrected chi connectivity index (χ3v) is 4.03. The SMILES string of the molecule is CC(=O)N(C)Cc1cccc(NC(=O)CC2(N)CCC2)c1. The molecule has 1 fully saturated rings. The van der Waals surface area contributed by atoms with Crippen molar-refractivity contribution >= 4 is 17.5 Å². The number of nitrogens with one attached hydrogen (secondary N) is 1. The van der Waals surface area contributed by atoms with E-state index in [0.29, 0.717) is 13.0 Å². The summed E-state index contributed by atoms with van der Waals surface area (Å²) >= 11 is 0. The lowest BCUT2D eigenvalue weighted by Crippen LogP contribution is -2.48. The Morgan fingerprint density at radius 1 is 1.38 bits per heavy atom. The third kappa shape index (κ3) is 4.29. The largest absolute Gasteiger partial charge is 0.342 e. The number of carbonyl (C=O) groups excluding carboxylic acids is 2. The van der Waals surface area contributed by atoms with Crippen LogP contribution in [0.5, 0.6) is 0 Å². The van der Waals surface area contributed by atoms with Crippen LogP contribution in [-0.4, -0.2) is 29.3 Å². The van der Waals surface area contributed by atoms with Crippen LogP contribution >= 0.6 is 0 Å². The number of nitrogens with two attached hydrogens (primary N) is 1. The normalized spacial score (nSPS) is 16.0. The summed E-state index contributed by atoms with van der Waals surface area (Å²) in [6.45, 7) is 2.06. The van der Waals surface area contributed by atoms with Crippen LogP contribution in [0.25, 0.3) is 0 Å². The molecule has 0 atom stereocenters. The van der Waals surface area contributed by atoms with Crippen molar-refractivity contribution < 1.29 is 9.59 Å². The molecule has 3 N–H and O–H groups in total. The van der Waals surface area contributed by atoms with Crippen molar-refractivity contribution in [3.8, 4) is 0 Å². The van der Waals surface area contributed by atoms with E-state index < -0.39 is 0 Å². The van der Waals surface area contributed by atoms with Crippen molar-refractivity contribution in [3.63, 3.8) is 0 Å². The van der Waals surface area contributed by atoms with E-state index >= 15 is 0 Å². The standard InChI is InChI=1S/C16H23N3O2/c1-12(20)19(2)11-13-5-3-6-14(9-13)18-15(21)10-16(17)7-4-8-16/h3,5-6,9H,4,7-8,10-11,17H2,1-2H3,(H,18,21). The van der Waals surface area contributed by atoms with E-state index in [0.717, 1.165) is 30.5 Å². The molecule has 0 bridgehead atoms. The third-order valence-electron chi connectivity index (χ3n) is 4.03. The zero-order chi connectivity index (χ0) is 15.5. The number of hydrogen-bond donors (Lipinski definition) is 2. The Kier molecular flexibility index (Phi) is 4.63. The first-order valence-electron chi connectivity index (χ1n) is 7.27. The minimum absolute atomic E-state index is 0.0134. The number of benzene rings is 1. The molecule has 0 saturated heterocycles. The van der Waals surface area contributed by atoms with E-state index in [2.05, 4.69) is 5.32 Å². The van der Waals surface area contributed by atoms with Crippen LogP contribution in [0, 0.1) is 0 Å². The van der Waals surface area contributed by atoms with E-state index in [1.54, 1.807) is 11.9 Å². The van der Waals surface area contributed by atoms with Crippen LogP contribution in [0.15, 0.2) is 24.3 Å². The topological polar surface area (TPSA) is 75.4 Å². The predicted octanol–water partition coefficient (Wildman–Crippen LogP) is 1.87. The summed E-state index contributed by atoms with van der Waals surface area (Å²) in [4.78, 5) is 24.9. The molecule has 0 spiro atoms. The van der Waals surface area contributed by atoms with Crippen LogP contribution < -0.4 is 11.1 Å². The van der Waals surface area contributed by atoms with E-state index in [1.165, 1.54) is 6.92 Å². The molecule has 0 heterocycles. The van der Waals surface area contributed by atoms with E-state index in [-0.39, 0.29) is 17.4 Å². The Morgan fingerprint density at radius 2 is 2.10 bits per heavy atom. The predicted molar refractivity (Wildman–Crippen MR) is 82.6 cm³/mol. The molecule has 1 aliphatic carbocycles. The Bertz CT molecular complexity index is 538. The lowest BCUT2D eigenvalue weighted by Gasteiger charge is -2.37. The van der Waals surface area contributed by atoms with Gasteiger partial charge in [0.15, 0.2) is 0 Å². The highest BCUT2D eigenvalue weighted by Crippen LogP contribution is 2.32. The zero-order valence-corrected chi connectivity index (χ0v) is 12.7. The number of anilines is 1. The minimum Gasteiger partial charge on any atom is -0.342 e. The van der Waals surface area contributed by atoms with Crippen molar-refractivity contribution in [2.24, 2.45) is 5.73 Å². The van der Waals surface area contributed by atoms with Crippen LogP contribution in [0.2, 0.25) is 0 Å². The molecule has 2 rings (SSSR count). The average molecular weight is 289 g/mol. The first kappa shape index (κ1) is 15.5. The Hall–Kier alpha value is -1.88. The van der Waals surface area contributed by atoms with Gasteiger partial charge < -0.3 is 16.0 Å². The molecule has 1 aliphatic rings. The van der Waals surface area contributed by atoms with Gasteiger partial charge in [-0.1, -0.05) is 12.1 Å². The summed E-state index contributed by atoms with van der Waals surface area (Å²) in [6, 6.07) is 7.55. The van der Waals surface area contributed by atoms with E-state index in [1.807, 2.05) is 24.3 Å². The van der Waals surface area contributed by atoms with Gasteiger partial charge in [0, 0.05) is 38.2 Å². The molecule has 0 unspecified atom stereocenters. The van der Waals surface area contributed by atoms with Gasteiger partial charge in [-0.2, -0.15) is 0 Å². The van der Waals surface area contributed by atoms with Gasteiger partial charge in [-0.25, -0.2) is 0 Å². The van der Waals surface area contributed by atoms with Gasteiger partial charge in [-0.15, -0.1) is 0 Å². The molecule has 114 valence electrons. The Morgan fingerprint density at radius 3 is 2.67 bits per heavy atom. The lowest BCUT2D eigenvalue weighted by molar-refractivity contribution is -0.128. The summed E-state index contributed by atoms with van der Waals surface area (Å²) in [5.74, 6) is -0.0335. The maximum Gasteiger partial charge on any atom is 0.226 e. The van der Waals surface area contributed by atoms with Gasteiger partial charge in [0.05, 0.1) is 0 Å². The fraction of sp³-hybridized carbons (Fsp3) is 0.500. The molecule has 1 aromatic rings. The molecular formula is C16H23N3O2. The molecule has 5 heteroatoms. The van der Waals surface area contributed by atoms with Crippen molar-refractivity contribution in [3.05, 3.63) is 29.8 Å². The average Bonchev–Trinajstić information content (AvgIpc) is 2.36. The quantitative estimate of drug-likeness (QED) is 0.869. The Labute approximate surface area is 125 Å². The van der Waals surface area contributed by atoms with Crippen molar-refractivity contribution in [1.82, 2.24) is 4.90 Å². The maximum absolute atomic E-state index is 12.0. The maximum atomic E-state index is 12.0. The molecule has 0 aliphatic heterocycles. The second-order valence-electron chi connectivity index (χ2n) is 6.02. The van der Waals surface area contributed by atoms with Gasteiger partial charge >= 0.3 is 0 Å². The van der Waals surface area contributed by atoms with Gasteiger partial charge in [0.25, 0.3) is 0 Å². The van der Waals surface area contributed by atoms with Crippen LogP contribution in [0.4, 0.5) is 5.69 Å². The van der Waals surface area contributed by atoms with Crippen molar-refractivity contribution in [2.75, 3.05) is 12.4 Å². The monoisotopic (exact) mass is 289 g/mol. The summed E-state index contributed by atoms with van der Waals surface area (Å²) in [6.07, 6.45) is 3.31. The van der Waals surface area contributed by atoms with Crippen molar-refractivity contribution in [1.29, 1.82) is 0 Å². The van der Waals surface area contributed by atoms with Gasteiger partial charge in [-0.05, 0) is 37.0 Å². The van der Waals surface area contributed by atoms with Crippen molar-refractivity contribution in [2.45, 2.75) is 44.7 Å². The number of hydrogen-bond acceptors (Lipinski definition) is 3. The second-order valence-corrected chi connectivity index (χ2v) is 6.02. The molecular weight excluding hydrogens is 266 g/mol. The first-order chi connectivity index (χ1) is 9.88. The lowest BCUT2D eigenvalue weighted by atomic mass is 9.75. The van der Waals surface area contributed by atoms with Crippen LogP contribution in [-0.2, 0) is 16.1 Å². The van der Waals surface area contributed by atoms with Crippen LogP contribution in [0.3, 0.4) is 0 Å². The molecule has 2 amide bonds. The number of carbonyl (C=O) groups is 2.